The number of nitrogens with one attached hydrogen (secondary N) is 1. The predicted molar refractivity (Wildman–Crippen MR) is 69.8 cm³/mol. The largest absolute Gasteiger partial charge is 0.391 e. The van der Waals surface area contributed by atoms with Crippen molar-refractivity contribution < 1.29 is 9.90 Å². The highest BCUT2D eigenvalue weighted by Crippen LogP contribution is 2.08. The van der Waals surface area contributed by atoms with Crippen molar-refractivity contribution in [3.05, 3.63) is 22.2 Å². The molecule has 0 aliphatic carbocycles. The van der Waals surface area contributed by atoms with Crippen LogP contribution in [0.3, 0.4) is 0 Å². The van der Waals surface area contributed by atoms with Gasteiger partial charge in [-0.25, -0.2) is 4.98 Å². The fourth-order valence-corrected chi connectivity index (χ4v) is 1.91. The number of aryl methyl sites for hydroxylation is 1. The zero-order chi connectivity index (χ0) is 12.7. The highest BCUT2D eigenvalue weighted by atomic mass is 32.1. The van der Waals surface area contributed by atoms with Gasteiger partial charge in [-0.3, -0.25) is 4.79 Å². The van der Waals surface area contributed by atoms with Gasteiger partial charge in [0.05, 0.1) is 16.8 Å². The summed E-state index contributed by atoms with van der Waals surface area (Å²) in [6, 6.07) is 0. The second-order valence-corrected chi connectivity index (χ2v) is 4.87. The van der Waals surface area contributed by atoms with Gasteiger partial charge in [0.15, 0.2) is 0 Å². The molecule has 5 heteroatoms. The topological polar surface area (TPSA) is 62.2 Å². The second kappa shape index (κ2) is 7.19. The predicted octanol–water partition coefficient (Wildman–Crippen LogP) is 1.74. The quantitative estimate of drug-likeness (QED) is 0.760. The summed E-state index contributed by atoms with van der Waals surface area (Å²) in [7, 11) is 0. The first-order chi connectivity index (χ1) is 8.11. The Morgan fingerprint density at radius 2 is 2.47 bits per heavy atom. The lowest BCUT2D eigenvalue weighted by atomic mass is 10.2. The van der Waals surface area contributed by atoms with E-state index in [1.54, 1.807) is 17.4 Å². The number of aromatic nitrogens is 1. The Kier molecular flexibility index (Phi) is 5.86. The van der Waals surface area contributed by atoms with E-state index in [1.165, 1.54) is 6.08 Å². The number of amides is 1. The van der Waals surface area contributed by atoms with Gasteiger partial charge in [0.2, 0.25) is 5.91 Å². The number of aliphatic hydroxyl groups is 1. The van der Waals surface area contributed by atoms with Gasteiger partial charge in [-0.15, -0.1) is 11.3 Å². The van der Waals surface area contributed by atoms with E-state index < -0.39 is 6.10 Å². The Morgan fingerprint density at radius 3 is 3.06 bits per heavy atom. The lowest BCUT2D eigenvalue weighted by Crippen LogP contribution is -2.30. The van der Waals surface area contributed by atoms with Crippen molar-refractivity contribution in [2.24, 2.45) is 0 Å². The normalized spacial score (nSPS) is 12.9. The summed E-state index contributed by atoms with van der Waals surface area (Å²) in [6.07, 6.45) is 4.26. The number of hydrogen-bond acceptors (Lipinski definition) is 4. The molecule has 0 aliphatic rings. The van der Waals surface area contributed by atoms with Crippen molar-refractivity contribution in [3.8, 4) is 0 Å². The lowest BCUT2D eigenvalue weighted by Gasteiger charge is -2.08. The van der Waals surface area contributed by atoms with Crippen LogP contribution in [-0.2, 0) is 4.79 Å². The third-order valence-electron chi connectivity index (χ3n) is 2.18. The Balaban J connectivity index is 2.32. The maximum absolute atomic E-state index is 11.4. The first-order valence-corrected chi connectivity index (χ1v) is 6.56. The van der Waals surface area contributed by atoms with Gasteiger partial charge in [0, 0.05) is 18.0 Å². The van der Waals surface area contributed by atoms with E-state index in [9.17, 15) is 9.90 Å². The molecule has 1 aromatic rings. The Morgan fingerprint density at radius 1 is 1.71 bits per heavy atom. The Bertz CT molecular complexity index is 388. The maximum atomic E-state index is 11.4. The van der Waals surface area contributed by atoms with Crippen molar-refractivity contribution in [1.29, 1.82) is 0 Å². The van der Waals surface area contributed by atoms with Crippen molar-refractivity contribution in [1.82, 2.24) is 10.3 Å². The van der Waals surface area contributed by atoms with E-state index in [0.717, 1.165) is 17.1 Å². The molecule has 0 radical (unpaired) electrons. The van der Waals surface area contributed by atoms with Gasteiger partial charge in [-0.1, -0.05) is 13.3 Å². The minimum absolute atomic E-state index is 0.203. The Labute approximate surface area is 105 Å². The molecule has 0 aliphatic heterocycles. The van der Waals surface area contributed by atoms with Crippen LogP contribution in [0.4, 0.5) is 0 Å². The van der Waals surface area contributed by atoms with Crippen LogP contribution in [0.25, 0.3) is 6.08 Å². The van der Waals surface area contributed by atoms with E-state index in [2.05, 4.69) is 10.3 Å². The summed E-state index contributed by atoms with van der Waals surface area (Å²) < 4.78 is 0. The summed E-state index contributed by atoms with van der Waals surface area (Å²) in [4.78, 5) is 15.6. The Hall–Kier alpha value is -1.20. The van der Waals surface area contributed by atoms with Crippen molar-refractivity contribution >= 4 is 23.3 Å². The van der Waals surface area contributed by atoms with Crippen molar-refractivity contribution in [2.45, 2.75) is 32.8 Å². The second-order valence-electron chi connectivity index (χ2n) is 3.81. The van der Waals surface area contributed by atoms with Gasteiger partial charge < -0.3 is 10.4 Å². The van der Waals surface area contributed by atoms with Crippen LogP contribution in [0.5, 0.6) is 0 Å². The summed E-state index contributed by atoms with van der Waals surface area (Å²) in [5.41, 5.74) is 0.789. The van der Waals surface area contributed by atoms with Crippen LogP contribution in [0.1, 0.15) is 30.5 Å². The summed E-state index contributed by atoms with van der Waals surface area (Å²) in [6.45, 7) is 4.21. The van der Waals surface area contributed by atoms with Crippen molar-refractivity contribution in [2.75, 3.05) is 6.54 Å². The summed E-state index contributed by atoms with van der Waals surface area (Å²) >= 11 is 1.55. The lowest BCUT2D eigenvalue weighted by molar-refractivity contribution is -0.116. The summed E-state index contributed by atoms with van der Waals surface area (Å²) in [5, 5.41) is 15.0. The highest BCUT2D eigenvalue weighted by molar-refractivity contribution is 7.09. The maximum Gasteiger partial charge on any atom is 0.244 e. The van der Waals surface area contributed by atoms with E-state index in [4.69, 9.17) is 0 Å². The number of hydrogen-bond donors (Lipinski definition) is 2. The zero-order valence-electron chi connectivity index (χ0n) is 10.1. The average Bonchev–Trinajstić information content (AvgIpc) is 2.70. The number of carbonyl (C=O) groups is 1. The molecule has 0 spiro atoms. The van der Waals surface area contributed by atoms with Crippen molar-refractivity contribution in [3.63, 3.8) is 0 Å². The van der Waals surface area contributed by atoms with Gasteiger partial charge in [0.1, 0.15) is 0 Å². The molecule has 1 aromatic heterocycles. The molecule has 1 heterocycles. The number of rotatable bonds is 6. The highest BCUT2D eigenvalue weighted by Gasteiger charge is 2.03. The number of thiazole rings is 1. The number of aliphatic hydroxyl groups excluding tert-OH is 1. The number of nitrogens with zero attached hydrogens (tertiary/aromatic N) is 1. The van der Waals surface area contributed by atoms with Gasteiger partial charge >= 0.3 is 0 Å². The molecule has 1 unspecified atom stereocenters. The number of carbonyl (C=O) groups excluding carboxylic acids is 1. The van der Waals surface area contributed by atoms with Crippen LogP contribution >= 0.6 is 11.3 Å². The molecule has 0 aromatic carbocycles. The molecule has 0 bridgehead atoms. The molecule has 2 N–H and O–H groups in total. The molecule has 0 saturated heterocycles. The van der Waals surface area contributed by atoms with Crippen LogP contribution in [0.15, 0.2) is 11.5 Å². The van der Waals surface area contributed by atoms with Crippen LogP contribution in [0.2, 0.25) is 0 Å². The van der Waals surface area contributed by atoms with E-state index in [1.807, 2.05) is 19.2 Å². The molecule has 94 valence electrons. The SMILES string of the molecule is CCCC(O)CNC(=O)/C=C/c1csc(C)n1. The molecule has 17 heavy (non-hydrogen) atoms. The molecule has 0 saturated carbocycles. The molecular weight excluding hydrogens is 236 g/mol. The van der Waals surface area contributed by atoms with Gasteiger partial charge in [-0.05, 0) is 19.4 Å². The first-order valence-electron chi connectivity index (χ1n) is 5.68. The van der Waals surface area contributed by atoms with Gasteiger partial charge in [0.25, 0.3) is 0 Å². The fraction of sp³-hybridized carbons (Fsp3) is 0.500. The third-order valence-corrected chi connectivity index (χ3v) is 2.97. The van der Waals surface area contributed by atoms with Crippen LogP contribution in [0, 0.1) is 6.92 Å². The molecule has 1 rings (SSSR count). The van der Waals surface area contributed by atoms with E-state index >= 15 is 0 Å². The molecule has 0 fully saturated rings. The fourth-order valence-electron chi connectivity index (χ4n) is 1.33. The van der Waals surface area contributed by atoms with Gasteiger partial charge in [-0.2, -0.15) is 0 Å². The zero-order valence-corrected chi connectivity index (χ0v) is 11.0. The first kappa shape index (κ1) is 13.9. The average molecular weight is 254 g/mol. The smallest absolute Gasteiger partial charge is 0.244 e. The van der Waals surface area contributed by atoms with E-state index in [0.29, 0.717) is 13.0 Å². The van der Waals surface area contributed by atoms with Crippen LogP contribution < -0.4 is 5.32 Å². The monoisotopic (exact) mass is 254 g/mol. The standard InChI is InChI=1S/C12H18N2O2S/c1-3-4-11(15)7-13-12(16)6-5-10-8-17-9(2)14-10/h5-6,8,11,15H,3-4,7H2,1-2H3,(H,13,16)/b6-5+. The van der Waals surface area contributed by atoms with Crippen LogP contribution in [-0.4, -0.2) is 28.6 Å². The molecule has 1 atom stereocenters. The molecular formula is C12H18N2O2S. The van der Waals surface area contributed by atoms with E-state index in [-0.39, 0.29) is 5.91 Å². The minimum Gasteiger partial charge on any atom is -0.391 e. The summed E-state index contributed by atoms with van der Waals surface area (Å²) in [5.74, 6) is -0.203. The minimum atomic E-state index is -0.459. The third kappa shape index (κ3) is 5.60. The molecule has 1 amide bonds. The molecule has 4 nitrogen and oxygen atoms in total.